The standard InChI is InChI=1S/C11H23N3O2/c1-13(2)9-5-4-6-14(8-9)10(7-12)11(15)16-3/h9-10H,4-8,12H2,1-3H3. The van der Waals surface area contributed by atoms with Gasteiger partial charge in [-0.05, 0) is 33.5 Å². The topological polar surface area (TPSA) is 58.8 Å². The Balaban J connectivity index is 2.60. The van der Waals surface area contributed by atoms with E-state index in [-0.39, 0.29) is 12.0 Å². The average Bonchev–Trinajstić information content (AvgIpc) is 2.30. The van der Waals surface area contributed by atoms with Crippen LogP contribution in [-0.2, 0) is 9.53 Å². The van der Waals surface area contributed by atoms with Crippen LogP contribution in [0.25, 0.3) is 0 Å². The first-order chi connectivity index (χ1) is 7.60. The maximum absolute atomic E-state index is 11.6. The van der Waals surface area contributed by atoms with Crippen molar-refractivity contribution in [2.45, 2.75) is 24.9 Å². The lowest BCUT2D eigenvalue weighted by Gasteiger charge is -2.38. The number of piperidine rings is 1. The smallest absolute Gasteiger partial charge is 0.324 e. The Hall–Kier alpha value is -0.650. The molecule has 5 nitrogen and oxygen atoms in total. The van der Waals surface area contributed by atoms with E-state index in [1.54, 1.807) is 0 Å². The van der Waals surface area contributed by atoms with Crippen LogP contribution in [0.15, 0.2) is 0 Å². The summed E-state index contributed by atoms with van der Waals surface area (Å²) in [5.74, 6) is -0.220. The molecule has 0 aromatic heterocycles. The van der Waals surface area contributed by atoms with Crippen LogP contribution in [0.4, 0.5) is 0 Å². The Morgan fingerprint density at radius 2 is 2.31 bits per heavy atom. The molecule has 1 saturated heterocycles. The summed E-state index contributed by atoms with van der Waals surface area (Å²) in [6, 6.07) is 0.222. The van der Waals surface area contributed by atoms with Crippen molar-refractivity contribution in [3.05, 3.63) is 0 Å². The van der Waals surface area contributed by atoms with Crippen LogP contribution in [-0.4, -0.2) is 68.7 Å². The first-order valence-corrected chi connectivity index (χ1v) is 5.78. The Morgan fingerprint density at radius 3 is 2.81 bits per heavy atom. The number of likely N-dealkylation sites (tertiary alicyclic amines) is 1. The van der Waals surface area contributed by atoms with E-state index in [0.717, 1.165) is 19.5 Å². The molecule has 94 valence electrons. The summed E-state index contributed by atoms with van der Waals surface area (Å²) < 4.78 is 4.78. The minimum absolute atomic E-state index is 0.220. The number of carbonyl (C=O) groups is 1. The summed E-state index contributed by atoms with van der Waals surface area (Å²) in [6.45, 7) is 2.15. The number of hydrogen-bond donors (Lipinski definition) is 1. The molecule has 16 heavy (non-hydrogen) atoms. The van der Waals surface area contributed by atoms with Gasteiger partial charge in [0.1, 0.15) is 6.04 Å². The third-order valence-corrected chi connectivity index (χ3v) is 3.30. The number of rotatable bonds is 4. The van der Waals surface area contributed by atoms with Gasteiger partial charge in [-0.2, -0.15) is 0 Å². The predicted octanol–water partition coefficient (Wildman–Crippen LogP) is -0.487. The van der Waals surface area contributed by atoms with Gasteiger partial charge in [0.15, 0.2) is 0 Å². The van der Waals surface area contributed by atoms with E-state index in [1.807, 2.05) is 0 Å². The number of ether oxygens (including phenoxy) is 1. The number of nitrogens with zero attached hydrogens (tertiary/aromatic N) is 2. The number of likely N-dealkylation sites (N-methyl/N-ethyl adjacent to an activating group) is 1. The van der Waals surface area contributed by atoms with Gasteiger partial charge in [-0.15, -0.1) is 0 Å². The zero-order valence-electron chi connectivity index (χ0n) is 10.5. The molecule has 5 heteroatoms. The zero-order valence-corrected chi connectivity index (χ0v) is 10.5. The van der Waals surface area contributed by atoms with Crippen molar-refractivity contribution in [2.75, 3.05) is 40.8 Å². The molecule has 0 amide bonds. The Kier molecular flexibility index (Phi) is 5.18. The molecule has 0 radical (unpaired) electrons. The predicted molar refractivity (Wildman–Crippen MR) is 63.1 cm³/mol. The molecule has 1 rings (SSSR count). The van der Waals surface area contributed by atoms with Gasteiger partial charge in [-0.1, -0.05) is 0 Å². The van der Waals surface area contributed by atoms with Crippen molar-refractivity contribution < 1.29 is 9.53 Å². The summed E-state index contributed by atoms with van der Waals surface area (Å²) >= 11 is 0. The second-order valence-electron chi connectivity index (χ2n) is 4.53. The molecular formula is C11H23N3O2. The molecule has 2 N–H and O–H groups in total. The van der Waals surface area contributed by atoms with Crippen LogP contribution in [0.1, 0.15) is 12.8 Å². The van der Waals surface area contributed by atoms with E-state index in [1.165, 1.54) is 13.5 Å². The first kappa shape index (κ1) is 13.4. The highest BCUT2D eigenvalue weighted by Crippen LogP contribution is 2.16. The number of hydrogen-bond acceptors (Lipinski definition) is 5. The quantitative estimate of drug-likeness (QED) is 0.659. The van der Waals surface area contributed by atoms with Crippen molar-refractivity contribution >= 4 is 5.97 Å². The van der Waals surface area contributed by atoms with E-state index < -0.39 is 0 Å². The number of methoxy groups -OCH3 is 1. The lowest BCUT2D eigenvalue weighted by molar-refractivity contribution is -0.147. The van der Waals surface area contributed by atoms with Crippen molar-refractivity contribution in [3.8, 4) is 0 Å². The summed E-state index contributed by atoms with van der Waals surface area (Å²) in [5.41, 5.74) is 5.65. The summed E-state index contributed by atoms with van der Waals surface area (Å²) in [7, 11) is 5.56. The monoisotopic (exact) mass is 229 g/mol. The molecule has 2 unspecified atom stereocenters. The van der Waals surface area contributed by atoms with Gasteiger partial charge in [0.2, 0.25) is 0 Å². The molecule has 2 atom stereocenters. The van der Waals surface area contributed by atoms with Crippen molar-refractivity contribution in [1.82, 2.24) is 9.80 Å². The molecule has 1 fully saturated rings. The Morgan fingerprint density at radius 1 is 1.62 bits per heavy atom. The average molecular weight is 229 g/mol. The van der Waals surface area contributed by atoms with Crippen molar-refractivity contribution in [3.63, 3.8) is 0 Å². The normalized spacial score (nSPS) is 24.4. The van der Waals surface area contributed by atoms with Crippen LogP contribution >= 0.6 is 0 Å². The van der Waals surface area contributed by atoms with Crippen LogP contribution in [0.2, 0.25) is 0 Å². The maximum Gasteiger partial charge on any atom is 0.324 e. The van der Waals surface area contributed by atoms with E-state index in [4.69, 9.17) is 10.5 Å². The molecule has 0 aliphatic carbocycles. The van der Waals surface area contributed by atoms with Gasteiger partial charge in [-0.25, -0.2) is 0 Å². The van der Waals surface area contributed by atoms with E-state index in [0.29, 0.717) is 12.6 Å². The Labute approximate surface area is 97.5 Å². The highest BCUT2D eigenvalue weighted by atomic mass is 16.5. The fourth-order valence-corrected chi connectivity index (χ4v) is 2.22. The van der Waals surface area contributed by atoms with Gasteiger partial charge in [0.25, 0.3) is 0 Å². The number of carbonyl (C=O) groups excluding carboxylic acids is 1. The molecule has 1 heterocycles. The lowest BCUT2D eigenvalue weighted by Crippen LogP contribution is -2.54. The third kappa shape index (κ3) is 3.17. The molecule has 1 aliphatic heterocycles. The lowest BCUT2D eigenvalue weighted by atomic mass is 10.0. The van der Waals surface area contributed by atoms with E-state index >= 15 is 0 Å². The second kappa shape index (κ2) is 6.18. The molecule has 0 spiro atoms. The SMILES string of the molecule is COC(=O)C(CN)N1CCCC(N(C)C)C1. The highest BCUT2D eigenvalue weighted by Gasteiger charge is 2.30. The Bertz CT molecular complexity index is 233. The molecule has 0 aromatic rings. The van der Waals surface area contributed by atoms with Crippen molar-refractivity contribution in [2.24, 2.45) is 5.73 Å². The second-order valence-corrected chi connectivity index (χ2v) is 4.53. The minimum Gasteiger partial charge on any atom is -0.468 e. The van der Waals surface area contributed by atoms with Crippen molar-refractivity contribution in [1.29, 1.82) is 0 Å². The van der Waals surface area contributed by atoms with Crippen LogP contribution in [0.3, 0.4) is 0 Å². The van der Waals surface area contributed by atoms with Crippen LogP contribution < -0.4 is 5.73 Å². The van der Waals surface area contributed by atoms with Gasteiger partial charge in [0, 0.05) is 19.1 Å². The third-order valence-electron chi connectivity index (χ3n) is 3.30. The largest absolute Gasteiger partial charge is 0.468 e. The first-order valence-electron chi connectivity index (χ1n) is 5.78. The molecule has 0 saturated carbocycles. The maximum atomic E-state index is 11.6. The summed E-state index contributed by atoms with van der Waals surface area (Å²) in [6.07, 6.45) is 2.29. The number of nitrogens with two attached hydrogens (primary N) is 1. The fourth-order valence-electron chi connectivity index (χ4n) is 2.22. The summed E-state index contributed by atoms with van der Waals surface area (Å²) in [5, 5.41) is 0. The highest BCUT2D eigenvalue weighted by molar-refractivity contribution is 5.75. The molecule has 1 aliphatic rings. The van der Waals surface area contributed by atoms with Gasteiger partial charge in [-0.3, -0.25) is 9.69 Å². The van der Waals surface area contributed by atoms with E-state index in [2.05, 4.69) is 23.9 Å². The molecular weight excluding hydrogens is 206 g/mol. The van der Waals surface area contributed by atoms with Gasteiger partial charge in [0.05, 0.1) is 7.11 Å². The molecule has 0 bridgehead atoms. The van der Waals surface area contributed by atoms with Crippen LogP contribution in [0, 0.1) is 0 Å². The molecule has 0 aromatic carbocycles. The van der Waals surface area contributed by atoms with Crippen LogP contribution in [0.5, 0.6) is 0 Å². The van der Waals surface area contributed by atoms with E-state index in [9.17, 15) is 4.79 Å². The zero-order chi connectivity index (χ0) is 12.1. The van der Waals surface area contributed by atoms with Gasteiger partial charge >= 0.3 is 5.97 Å². The number of esters is 1. The summed E-state index contributed by atoms with van der Waals surface area (Å²) in [4.78, 5) is 15.9. The van der Waals surface area contributed by atoms with Gasteiger partial charge < -0.3 is 15.4 Å². The fraction of sp³-hybridized carbons (Fsp3) is 0.909. The minimum atomic E-state index is -0.284.